The van der Waals surface area contributed by atoms with Gasteiger partial charge < -0.3 is 9.47 Å². The number of pyridine rings is 1. The maximum Gasteiger partial charge on any atom is 0.310 e. The van der Waals surface area contributed by atoms with Crippen LogP contribution in [-0.2, 0) is 16.0 Å². The van der Waals surface area contributed by atoms with Crippen LogP contribution >= 0.6 is 0 Å². The van der Waals surface area contributed by atoms with Crippen molar-refractivity contribution in [1.29, 1.82) is 5.26 Å². The molecule has 0 aliphatic rings. The van der Waals surface area contributed by atoms with Crippen LogP contribution in [0, 0.1) is 11.3 Å². The van der Waals surface area contributed by atoms with Gasteiger partial charge in [-0.2, -0.15) is 5.26 Å². The van der Waals surface area contributed by atoms with Crippen LogP contribution < -0.4 is 4.74 Å². The molecule has 1 rings (SSSR count). The van der Waals surface area contributed by atoms with E-state index in [-0.39, 0.29) is 6.42 Å². The lowest BCUT2D eigenvalue weighted by Crippen LogP contribution is -2.06. The molecule has 15 heavy (non-hydrogen) atoms. The van der Waals surface area contributed by atoms with Crippen LogP contribution in [0.1, 0.15) is 11.1 Å². The van der Waals surface area contributed by atoms with Gasteiger partial charge >= 0.3 is 5.97 Å². The van der Waals surface area contributed by atoms with Crippen molar-refractivity contribution in [3.05, 3.63) is 23.4 Å². The number of aromatic nitrogens is 1. The molecule has 1 aromatic rings. The summed E-state index contributed by atoms with van der Waals surface area (Å²) in [5.41, 5.74) is 0.900. The molecule has 0 spiro atoms. The number of nitrogens with zero attached hydrogens (tertiary/aromatic N) is 2. The van der Waals surface area contributed by atoms with Gasteiger partial charge in [-0.05, 0) is 5.56 Å². The molecule has 1 aromatic heterocycles. The summed E-state index contributed by atoms with van der Waals surface area (Å²) in [6.07, 6.45) is 1.41. The molecule has 0 atom stereocenters. The van der Waals surface area contributed by atoms with Gasteiger partial charge in [0, 0.05) is 12.3 Å². The van der Waals surface area contributed by atoms with Gasteiger partial charge in [0.05, 0.1) is 26.2 Å². The van der Waals surface area contributed by atoms with Crippen LogP contribution in [0.25, 0.3) is 0 Å². The summed E-state index contributed by atoms with van der Waals surface area (Å²) in [5, 5.41) is 8.78. The van der Waals surface area contributed by atoms with Crippen molar-refractivity contribution in [2.75, 3.05) is 14.2 Å². The number of carbonyl (C=O) groups is 1. The van der Waals surface area contributed by atoms with Gasteiger partial charge in [-0.25, -0.2) is 4.98 Å². The number of methoxy groups -OCH3 is 2. The molecule has 0 aromatic carbocycles. The minimum Gasteiger partial charge on any atom is -0.481 e. The Kier molecular flexibility index (Phi) is 3.63. The minimum atomic E-state index is -0.403. The Morgan fingerprint density at radius 1 is 1.60 bits per heavy atom. The summed E-state index contributed by atoms with van der Waals surface area (Å²) >= 11 is 0. The molecule has 5 nitrogen and oxygen atoms in total. The Morgan fingerprint density at radius 3 is 2.87 bits per heavy atom. The van der Waals surface area contributed by atoms with Gasteiger partial charge in [0.25, 0.3) is 0 Å². The van der Waals surface area contributed by atoms with Gasteiger partial charge in [-0.1, -0.05) is 0 Å². The molecule has 0 saturated heterocycles. The van der Waals surface area contributed by atoms with Crippen molar-refractivity contribution in [1.82, 2.24) is 4.98 Å². The molecule has 1 heterocycles. The minimum absolute atomic E-state index is 0.0400. The Morgan fingerprint density at radius 2 is 2.33 bits per heavy atom. The van der Waals surface area contributed by atoms with Gasteiger partial charge in [0.1, 0.15) is 6.07 Å². The third-order valence-corrected chi connectivity index (χ3v) is 1.86. The molecular weight excluding hydrogens is 196 g/mol. The van der Waals surface area contributed by atoms with Gasteiger partial charge in [-0.3, -0.25) is 4.79 Å². The van der Waals surface area contributed by atoms with E-state index in [0.29, 0.717) is 17.0 Å². The fraction of sp³-hybridized carbons (Fsp3) is 0.300. The first kappa shape index (κ1) is 11.0. The molecule has 78 valence electrons. The SMILES string of the molecule is COC(=O)Cc1cc(OC)ncc1C#N. The van der Waals surface area contributed by atoms with Gasteiger partial charge in [0.15, 0.2) is 0 Å². The zero-order valence-corrected chi connectivity index (χ0v) is 8.48. The molecule has 0 N–H and O–H groups in total. The van der Waals surface area contributed by atoms with Crippen LogP contribution in [-0.4, -0.2) is 25.2 Å². The molecule has 0 unspecified atom stereocenters. The quantitative estimate of drug-likeness (QED) is 0.680. The highest BCUT2D eigenvalue weighted by Gasteiger charge is 2.10. The maximum absolute atomic E-state index is 11.1. The third-order valence-electron chi connectivity index (χ3n) is 1.86. The number of ether oxygens (including phenoxy) is 2. The Balaban J connectivity index is 3.02. The van der Waals surface area contributed by atoms with E-state index in [1.54, 1.807) is 6.07 Å². The predicted octanol–water partition coefficient (Wildman–Crippen LogP) is 0.677. The number of carbonyl (C=O) groups excluding carboxylic acids is 1. The largest absolute Gasteiger partial charge is 0.481 e. The van der Waals surface area contributed by atoms with Gasteiger partial charge in [-0.15, -0.1) is 0 Å². The van der Waals surface area contributed by atoms with Crippen molar-refractivity contribution >= 4 is 5.97 Å². The molecule has 0 amide bonds. The number of rotatable bonds is 3. The maximum atomic E-state index is 11.1. The highest BCUT2D eigenvalue weighted by atomic mass is 16.5. The summed E-state index contributed by atoms with van der Waals surface area (Å²) in [4.78, 5) is 14.9. The summed E-state index contributed by atoms with van der Waals surface area (Å²) in [7, 11) is 2.77. The molecule has 0 fully saturated rings. The van der Waals surface area contributed by atoms with Crippen molar-refractivity contribution < 1.29 is 14.3 Å². The van der Waals surface area contributed by atoms with Crippen molar-refractivity contribution in [2.45, 2.75) is 6.42 Å². The summed E-state index contributed by atoms with van der Waals surface area (Å²) in [6.45, 7) is 0. The van der Waals surface area contributed by atoms with Crippen molar-refractivity contribution in [2.24, 2.45) is 0 Å². The lowest BCUT2D eigenvalue weighted by molar-refractivity contribution is -0.139. The number of hydrogen-bond donors (Lipinski definition) is 0. The van der Waals surface area contributed by atoms with E-state index >= 15 is 0 Å². The number of nitriles is 1. The van der Waals surface area contributed by atoms with Crippen molar-refractivity contribution in [3.8, 4) is 11.9 Å². The highest BCUT2D eigenvalue weighted by molar-refractivity contribution is 5.73. The normalized spacial score (nSPS) is 9.13. The second-order valence-electron chi connectivity index (χ2n) is 2.75. The first-order valence-electron chi connectivity index (χ1n) is 4.21. The van der Waals surface area contributed by atoms with E-state index in [0.717, 1.165) is 0 Å². The highest BCUT2D eigenvalue weighted by Crippen LogP contribution is 2.14. The van der Waals surface area contributed by atoms with Gasteiger partial charge in [0.2, 0.25) is 5.88 Å². The summed E-state index contributed by atoms with van der Waals surface area (Å²) in [6, 6.07) is 3.50. The lowest BCUT2D eigenvalue weighted by Gasteiger charge is -2.04. The molecule has 0 bridgehead atoms. The zero-order chi connectivity index (χ0) is 11.3. The van der Waals surface area contributed by atoms with Crippen LogP contribution in [0.3, 0.4) is 0 Å². The van der Waals surface area contributed by atoms with Crippen LogP contribution in [0.15, 0.2) is 12.3 Å². The molecule has 5 heteroatoms. The van der Waals surface area contributed by atoms with E-state index < -0.39 is 5.97 Å². The molecule has 0 aliphatic carbocycles. The van der Waals surface area contributed by atoms with E-state index in [1.807, 2.05) is 6.07 Å². The first-order chi connectivity index (χ1) is 7.21. The molecule has 0 saturated carbocycles. The molecule has 0 aliphatic heterocycles. The second-order valence-corrected chi connectivity index (χ2v) is 2.75. The monoisotopic (exact) mass is 206 g/mol. The van der Waals surface area contributed by atoms with Crippen molar-refractivity contribution in [3.63, 3.8) is 0 Å². The zero-order valence-electron chi connectivity index (χ0n) is 8.48. The third kappa shape index (κ3) is 2.68. The van der Waals surface area contributed by atoms with Crippen LogP contribution in [0.5, 0.6) is 5.88 Å². The Bertz CT molecular complexity index is 410. The fourth-order valence-electron chi connectivity index (χ4n) is 1.06. The average Bonchev–Trinajstić information content (AvgIpc) is 2.28. The van der Waals surface area contributed by atoms with E-state index in [2.05, 4.69) is 9.72 Å². The molecular formula is C10H10N2O3. The predicted molar refractivity (Wildman–Crippen MR) is 51.2 cm³/mol. The summed E-state index contributed by atoms with van der Waals surface area (Å²) < 4.78 is 9.41. The fourth-order valence-corrected chi connectivity index (χ4v) is 1.06. The Labute approximate surface area is 87.3 Å². The van der Waals surface area contributed by atoms with E-state index in [9.17, 15) is 4.79 Å². The second kappa shape index (κ2) is 4.96. The average molecular weight is 206 g/mol. The smallest absolute Gasteiger partial charge is 0.310 e. The Hall–Kier alpha value is -2.09. The van der Waals surface area contributed by atoms with Crippen LogP contribution in [0.2, 0.25) is 0 Å². The standard InChI is InChI=1S/C10H10N2O3/c1-14-9-3-7(4-10(13)15-2)8(5-11)6-12-9/h3,6H,4H2,1-2H3. The van der Waals surface area contributed by atoms with E-state index in [1.165, 1.54) is 20.4 Å². The topological polar surface area (TPSA) is 72.2 Å². The first-order valence-corrected chi connectivity index (χ1v) is 4.21. The summed E-state index contributed by atoms with van der Waals surface area (Å²) in [5.74, 6) is -0.0346. The lowest BCUT2D eigenvalue weighted by atomic mass is 10.1. The number of esters is 1. The van der Waals surface area contributed by atoms with Crippen LogP contribution in [0.4, 0.5) is 0 Å². The number of hydrogen-bond acceptors (Lipinski definition) is 5. The molecule has 0 radical (unpaired) electrons. The van der Waals surface area contributed by atoms with E-state index in [4.69, 9.17) is 10.00 Å².